The minimum Gasteiger partial charge on any atom is -0.509 e. The molecule has 2 atom stereocenters. The Kier molecular flexibility index (Phi) is 3.37. The van der Waals surface area contributed by atoms with Crippen LogP contribution < -0.4 is 0 Å². The number of hydrogen-bond acceptors (Lipinski definition) is 6. The van der Waals surface area contributed by atoms with E-state index in [-0.39, 0.29) is 22.5 Å². The van der Waals surface area contributed by atoms with Crippen molar-refractivity contribution in [2.75, 3.05) is 0 Å². The van der Waals surface area contributed by atoms with Gasteiger partial charge in [-0.05, 0) is 42.7 Å². The van der Waals surface area contributed by atoms with Crippen LogP contribution in [-0.2, 0) is 0 Å². The summed E-state index contributed by atoms with van der Waals surface area (Å²) in [6.07, 6.45) is -1.58. The predicted octanol–water partition coefficient (Wildman–Crippen LogP) is 1.06. The summed E-state index contributed by atoms with van der Waals surface area (Å²) in [6, 6.07) is 1.19. The van der Waals surface area contributed by atoms with Crippen LogP contribution in [0.25, 0.3) is 5.57 Å². The topological polar surface area (TPSA) is 121 Å². The maximum Gasteiger partial charge on any atom is 0.200 e. The molecule has 0 saturated heterocycles. The van der Waals surface area contributed by atoms with E-state index in [1.165, 1.54) is 19.1 Å². The first-order valence-electron chi connectivity index (χ1n) is 5.98. The molecule has 6 N–H and O–H groups in total. The first kappa shape index (κ1) is 14.2. The van der Waals surface area contributed by atoms with Crippen LogP contribution >= 0.6 is 0 Å². The number of aliphatic hydroxyl groups is 3. The molecule has 2 rings (SSSR count). The van der Waals surface area contributed by atoms with Crippen molar-refractivity contribution in [3.05, 3.63) is 34.6 Å². The van der Waals surface area contributed by atoms with E-state index >= 15 is 0 Å². The fourth-order valence-electron chi connectivity index (χ4n) is 2.33. The van der Waals surface area contributed by atoms with Crippen molar-refractivity contribution in [2.45, 2.75) is 26.1 Å². The van der Waals surface area contributed by atoms with Gasteiger partial charge in [0.2, 0.25) is 5.75 Å². The minimum absolute atomic E-state index is 0.246. The predicted molar refractivity (Wildman–Crippen MR) is 71.5 cm³/mol. The second kappa shape index (κ2) is 4.73. The second-order valence-electron chi connectivity index (χ2n) is 4.82. The molecule has 0 spiro atoms. The first-order valence-corrected chi connectivity index (χ1v) is 5.98. The lowest BCUT2D eigenvalue weighted by Crippen LogP contribution is -2.32. The zero-order valence-electron chi connectivity index (χ0n) is 11.0. The van der Waals surface area contributed by atoms with Crippen molar-refractivity contribution in [2.24, 2.45) is 0 Å². The number of hydrogen-bond donors (Lipinski definition) is 6. The highest BCUT2D eigenvalue weighted by molar-refractivity contribution is 5.80. The van der Waals surface area contributed by atoms with Crippen LogP contribution in [0.3, 0.4) is 0 Å². The molecular weight excluding hydrogens is 264 g/mol. The van der Waals surface area contributed by atoms with Crippen LogP contribution in [0.4, 0.5) is 0 Å². The molecule has 0 aliphatic heterocycles. The summed E-state index contributed by atoms with van der Waals surface area (Å²) in [5.41, 5.74) is 1.27. The Morgan fingerprint density at radius 3 is 2.10 bits per heavy atom. The zero-order valence-corrected chi connectivity index (χ0v) is 11.0. The average Bonchev–Trinajstić information content (AvgIpc) is 2.39. The minimum atomic E-state index is -1.48. The molecular formula is C14H16O6. The molecule has 0 fully saturated rings. The fraction of sp³-hybridized carbons (Fsp3) is 0.286. The van der Waals surface area contributed by atoms with Crippen LogP contribution in [0, 0.1) is 6.92 Å². The van der Waals surface area contributed by atoms with E-state index in [2.05, 4.69) is 0 Å². The van der Waals surface area contributed by atoms with Gasteiger partial charge in [-0.1, -0.05) is 0 Å². The summed E-state index contributed by atoms with van der Waals surface area (Å²) in [6.45, 7) is 3.11. The maximum atomic E-state index is 10.1. The molecule has 0 saturated carbocycles. The third kappa shape index (κ3) is 1.99. The third-order valence-corrected chi connectivity index (χ3v) is 3.48. The fourth-order valence-corrected chi connectivity index (χ4v) is 2.33. The summed E-state index contributed by atoms with van der Waals surface area (Å²) in [4.78, 5) is 0. The van der Waals surface area contributed by atoms with E-state index in [1.54, 1.807) is 6.92 Å². The highest BCUT2D eigenvalue weighted by Crippen LogP contribution is 2.43. The Labute approximate surface area is 115 Å². The standard InChI is InChI=1S/C14H16O6/c1-5-3-8(15)13(19)14(20)10(5)7-4-9(16)12(18)11(17)6(7)2/h3-4,13-20H,1-2H3. The zero-order chi connectivity index (χ0) is 15.2. The normalized spacial score (nSPS) is 22.9. The average molecular weight is 280 g/mol. The van der Waals surface area contributed by atoms with Gasteiger partial charge in [-0.2, -0.15) is 0 Å². The molecule has 1 aromatic carbocycles. The summed E-state index contributed by atoms with van der Waals surface area (Å²) in [5.74, 6) is -2.04. The Hall–Kier alpha value is -2.18. The van der Waals surface area contributed by atoms with Crippen LogP contribution in [-0.4, -0.2) is 42.8 Å². The van der Waals surface area contributed by atoms with Gasteiger partial charge >= 0.3 is 0 Å². The van der Waals surface area contributed by atoms with E-state index in [0.29, 0.717) is 5.57 Å². The lowest BCUT2D eigenvalue weighted by Gasteiger charge is -2.27. The van der Waals surface area contributed by atoms with Crippen LogP contribution in [0.15, 0.2) is 23.5 Å². The van der Waals surface area contributed by atoms with Gasteiger partial charge in [0.25, 0.3) is 0 Å². The van der Waals surface area contributed by atoms with E-state index in [9.17, 15) is 30.6 Å². The van der Waals surface area contributed by atoms with Crippen molar-refractivity contribution in [3.63, 3.8) is 0 Å². The third-order valence-electron chi connectivity index (χ3n) is 3.48. The van der Waals surface area contributed by atoms with E-state index in [0.717, 1.165) is 0 Å². The smallest absolute Gasteiger partial charge is 0.200 e. The van der Waals surface area contributed by atoms with Gasteiger partial charge in [0, 0.05) is 5.56 Å². The summed E-state index contributed by atoms with van der Waals surface area (Å²) in [7, 11) is 0. The molecule has 2 unspecified atom stereocenters. The Balaban J connectivity index is 2.71. The van der Waals surface area contributed by atoms with Gasteiger partial charge in [-0.15, -0.1) is 0 Å². The Morgan fingerprint density at radius 1 is 0.900 bits per heavy atom. The molecule has 0 bridgehead atoms. The quantitative estimate of drug-likeness (QED) is 0.428. The van der Waals surface area contributed by atoms with E-state index in [1.807, 2.05) is 0 Å². The monoisotopic (exact) mass is 280 g/mol. The number of allylic oxidation sites excluding steroid dienone is 2. The maximum absolute atomic E-state index is 10.1. The van der Waals surface area contributed by atoms with Crippen molar-refractivity contribution < 1.29 is 30.6 Å². The molecule has 108 valence electrons. The molecule has 1 aliphatic rings. The number of rotatable bonds is 1. The lowest BCUT2D eigenvalue weighted by atomic mass is 9.85. The van der Waals surface area contributed by atoms with Crippen molar-refractivity contribution >= 4 is 5.57 Å². The largest absolute Gasteiger partial charge is 0.509 e. The van der Waals surface area contributed by atoms with Crippen molar-refractivity contribution in [1.29, 1.82) is 0 Å². The van der Waals surface area contributed by atoms with Gasteiger partial charge in [0.15, 0.2) is 11.5 Å². The second-order valence-corrected chi connectivity index (χ2v) is 4.82. The number of aliphatic hydroxyl groups excluding tert-OH is 3. The molecule has 20 heavy (non-hydrogen) atoms. The highest BCUT2D eigenvalue weighted by Gasteiger charge is 2.32. The summed E-state index contributed by atoms with van der Waals surface area (Å²) < 4.78 is 0. The first-order chi connectivity index (χ1) is 9.25. The van der Waals surface area contributed by atoms with Crippen molar-refractivity contribution in [3.8, 4) is 17.2 Å². The van der Waals surface area contributed by atoms with Gasteiger partial charge in [0.05, 0.1) is 0 Å². The summed E-state index contributed by atoms with van der Waals surface area (Å²) >= 11 is 0. The Morgan fingerprint density at radius 2 is 1.50 bits per heavy atom. The molecule has 6 heteroatoms. The molecule has 0 aromatic heterocycles. The van der Waals surface area contributed by atoms with Crippen LogP contribution in [0.2, 0.25) is 0 Å². The number of benzene rings is 1. The van der Waals surface area contributed by atoms with E-state index in [4.69, 9.17) is 0 Å². The van der Waals surface area contributed by atoms with E-state index < -0.39 is 29.5 Å². The van der Waals surface area contributed by atoms with Gasteiger partial charge in [0.1, 0.15) is 18.0 Å². The van der Waals surface area contributed by atoms with Crippen molar-refractivity contribution in [1.82, 2.24) is 0 Å². The number of phenols is 3. The van der Waals surface area contributed by atoms with Gasteiger partial charge in [-0.25, -0.2) is 0 Å². The van der Waals surface area contributed by atoms with Gasteiger partial charge < -0.3 is 30.6 Å². The SMILES string of the molecule is CC1=C(c2cc(O)c(O)c(O)c2C)C(O)C(O)C(O)=C1. The van der Waals surface area contributed by atoms with Gasteiger partial charge in [-0.3, -0.25) is 0 Å². The molecule has 0 amide bonds. The van der Waals surface area contributed by atoms with Crippen LogP contribution in [0.1, 0.15) is 18.1 Å². The van der Waals surface area contributed by atoms with Crippen LogP contribution in [0.5, 0.6) is 17.2 Å². The summed E-state index contributed by atoms with van der Waals surface area (Å²) in [5, 5.41) is 58.0. The Bertz CT molecular complexity index is 629. The molecule has 6 nitrogen and oxygen atoms in total. The highest BCUT2D eigenvalue weighted by atomic mass is 16.4. The number of aromatic hydroxyl groups is 3. The molecule has 0 radical (unpaired) electrons. The number of phenolic OH excluding ortho intramolecular Hbond substituents is 3. The molecule has 0 heterocycles. The molecule has 1 aliphatic carbocycles. The lowest BCUT2D eigenvalue weighted by molar-refractivity contribution is 0.0483. The molecule has 1 aromatic rings.